The fourth-order valence-electron chi connectivity index (χ4n) is 3.21. The van der Waals surface area contributed by atoms with E-state index in [0.717, 1.165) is 0 Å². The van der Waals surface area contributed by atoms with Crippen LogP contribution in [0.3, 0.4) is 0 Å². The van der Waals surface area contributed by atoms with Gasteiger partial charge in [0.1, 0.15) is 21.6 Å². The van der Waals surface area contributed by atoms with Crippen LogP contribution in [-0.4, -0.2) is 70.9 Å². The maximum Gasteiger partial charge on any atom is 0.352 e. The standard InChI is InChI=1S/C17H14Cl2N6O4S3/c1-24-17(21-22-23-24)32-6-7-5-31-15-10(14(27)25(15)11(7)16(28)29)20-13(26)9(12(18)19)8-3-2-4-30-8/h2-4,10,15H,5-6H2,1H3,(H,20,26)(H,28,29)/t10?,15-/m1/s1. The molecule has 2 amide bonds. The highest BCUT2D eigenvalue weighted by molar-refractivity contribution is 8.01. The number of fused-ring (bicyclic) bond motifs is 1. The average Bonchev–Trinajstić information content (AvgIpc) is 3.41. The number of hydrogen-bond acceptors (Lipinski definition) is 9. The molecule has 0 bridgehead atoms. The number of tetrazole rings is 1. The van der Waals surface area contributed by atoms with E-state index in [-0.39, 0.29) is 15.8 Å². The summed E-state index contributed by atoms with van der Waals surface area (Å²) in [5, 5.41) is 25.3. The highest BCUT2D eigenvalue weighted by Crippen LogP contribution is 2.42. The van der Waals surface area contributed by atoms with E-state index in [4.69, 9.17) is 23.2 Å². The number of carbonyl (C=O) groups is 3. The number of nitrogens with zero attached hydrogens (tertiary/aromatic N) is 5. The Bertz CT molecular complexity index is 1150. The molecule has 1 fully saturated rings. The third kappa shape index (κ3) is 4.27. The third-order valence-electron chi connectivity index (χ3n) is 4.68. The summed E-state index contributed by atoms with van der Waals surface area (Å²) >= 11 is 15.7. The van der Waals surface area contributed by atoms with Crippen molar-refractivity contribution >= 4 is 81.4 Å². The van der Waals surface area contributed by atoms with E-state index in [9.17, 15) is 19.5 Å². The zero-order valence-electron chi connectivity index (χ0n) is 16.2. The van der Waals surface area contributed by atoms with Crippen LogP contribution >= 0.6 is 58.1 Å². The smallest absolute Gasteiger partial charge is 0.352 e. The third-order valence-corrected chi connectivity index (χ3v) is 8.38. The van der Waals surface area contributed by atoms with Crippen molar-refractivity contribution in [3.8, 4) is 0 Å². The van der Waals surface area contributed by atoms with E-state index in [1.165, 1.54) is 44.4 Å². The van der Waals surface area contributed by atoms with Gasteiger partial charge in [0, 0.05) is 23.4 Å². The summed E-state index contributed by atoms with van der Waals surface area (Å²) in [4.78, 5) is 39.4. The molecule has 0 aromatic carbocycles. The minimum atomic E-state index is -1.21. The normalized spacial score (nSPS) is 20.0. The number of carbonyl (C=O) groups excluding carboxylic acids is 2. The molecule has 2 N–H and O–H groups in total. The lowest BCUT2D eigenvalue weighted by molar-refractivity contribution is -0.150. The number of halogens is 2. The van der Waals surface area contributed by atoms with E-state index < -0.39 is 29.2 Å². The first-order chi connectivity index (χ1) is 15.3. The molecule has 2 aliphatic rings. The number of carboxylic acid groups (broad SMARTS) is 1. The van der Waals surface area contributed by atoms with E-state index in [1.807, 2.05) is 0 Å². The molecule has 4 heterocycles. The molecule has 2 aromatic heterocycles. The van der Waals surface area contributed by atoms with Crippen molar-refractivity contribution in [2.45, 2.75) is 16.6 Å². The monoisotopic (exact) mass is 532 g/mol. The van der Waals surface area contributed by atoms with Crippen molar-refractivity contribution in [3.05, 3.63) is 38.2 Å². The number of β-lactam (4-membered cyclic amide) rings is 1. The Morgan fingerprint density at radius 1 is 1.41 bits per heavy atom. The van der Waals surface area contributed by atoms with Crippen LogP contribution in [0.2, 0.25) is 0 Å². The van der Waals surface area contributed by atoms with E-state index in [2.05, 4.69) is 20.8 Å². The van der Waals surface area contributed by atoms with Gasteiger partial charge in [0.25, 0.3) is 11.8 Å². The van der Waals surface area contributed by atoms with Crippen molar-refractivity contribution in [3.63, 3.8) is 0 Å². The summed E-state index contributed by atoms with van der Waals surface area (Å²) in [6, 6.07) is 2.55. The SMILES string of the molecule is Cn1nnnc1SCC1=C(C(=O)O)N2C(=O)C(NC(=O)C(=C(Cl)Cl)c3cccs3)[C@H]2SC1. The summed E-state index contributed by atoms with van der Waals surface area (Å²) in [6.45, 7) is 0. The van der Waals surface area contributed by atoms with Gasteiger partial charge in [-0.15, -0.1) is 28.2 Å². The molecule has 168 valence electrons. The second kappa shape index (κ2) is 9.43. The number of nitrogens with one attached hydrogen (secondary N) is 1. The lowest BCUT2D eigenvalue weighted by Gasteiger charge is -2.49. The molecule has 32 heavy (non-hydrogen) atoms. The van der Waals surface area contributed by atoms with Crippen LogP contribution in [0.5, 0.6) is 0 Å². The minimum Gasteiger partial charge on any atom is -0.477 e. The number of amides is 2. The Kier molecular flexibility index (Phi) is 6.81. The van der Waals surface area contributed by atoms with E-state index in [1.54, 1.807) is 24.6 Å². The molecule has 1 saturated heterocycles. The summed E-state index contributed by atoms with van der Waals surface area (Å²) < 4.78 is 1.26. The van der Waals surface area contributed by atoms with Gasteiger partial charge < -0.3 is 10.4 Å². The van der Waals surface area contributed by atoms with Crippen molar-refractivity contribution in [1.82, 2.24) is 30.4 Å². The number of thiophene rings is 1. The van der Waals surface area contributed by atoms with Crippen molar-refractivity contribution in [2.24, 2.45) is 7.05 Å². The van der Waals surface area contributed by atoms with Crippen LogP contribution in [0.25, 0.3) is 5.57 Å². The minimum absolute atomic E-state index is 0.0683. The number of aliphatic carboxylic acids is 1. The lowest BCUT2D eigenvalue weighted by Crippen LogP contribution is -2.70. The van der Waals surface area contributed by atoms with E-state index >= 15 is 0 Å². The number of aromatic nitrogens is 4. The zero-order chi connectivity index (χ0) is 23.0. The molecule has 0 radical (unpaired) electrons. The number of hydrogen-bond donors (Lipinski definition) is 2. The van der Waals surface area contributed by atoms with Crippen LogP contribution in [0.15, 0.2) is 38.4 Å². The van der Waals surface area contributed by atoms with Gasteiger partial charge in [0.2, 0.25) is 5.16 Å². The molecular weight excluding hydrogens is 519 g/mol. The van der Waals surface area contributed by atoms with Crippen molar-refractivity contribution in [1.29, 1.82) is 0 Å². The average molecular weight is 533 g/mol. The highest BCUT2D eigenvalue weighted by Gasteiger charge is 2.54. The fraction of sp³-hybridized carbons (Fsp3) is 0.294. The van der Waals surface area contributed by atoms with Gasteiger partial charge in [-0.2, -0.15) is 0 Å². The molecule has 2 aliphatic heterocycles. The number of carboxylic acids is 1. The maximum absolute atomic E-state index is 12.8. The molecule has 2 aromatic rings. The van der Waals surface area contributed by atoms with Crippen LogP contribution in [0.1, 0.15) is 4.88 Å². The van der Waals surface area contributed by atoms with Crippen LogP contribution in [0, 0.1) is 0 Å². The Labute approximate surface area is 204 Å². The second-order valence-corrected chi connectivity index (χ2v) is 10.5. The van der Waals surface area contributed by atoms with E-state index in [0.29, 0.717) is 27.1 Å². The maximum atomic E-state index is 12.8. The fourth-order valence-corrected chi connectivity index (χ4v) is 6.81. The Hall–Kier alpha value is -2.06. The molecule has 15 heteroatoms. The van der Waals surface area contributed by atoms with Gasteiger partial charge in [0.15, 0.2) is 0 Å². The first kappa shape index (κ1) is 23.1. The largest absolute Gasteiger partial charge is 0.477 e. The predicted octanol–water partition coefficient (Wildman–Crippen LogP) is 1.95. The van der Waals surface area contributed by atoms with Gasteiger partial charge in [0.05, 0.1) is 5.57 Å². The van der Waals surface area contributed by atoms with Crippen molar-refractivity contribution in [2.75, 3.05) is 11.5 Å². The number of rotatable bonds is 7. The Morgan fingerprint density at radius 2 is 2.19 bits per heavy atom. The van der Waals surface area contributed by atoms with Gasteiger partial charge in [-0.3, -0.25) is 14.5 Å². The summed E-state index contributed by atoms with van der Waals surface area (Å²) in [7, 11) is 1.68. The quantitative estimate of drug-likeness (QED) is 0.312. The Balaban J connectivity index is 1.51. The predicted molar refractivity (Wildman–Crippen MR) is 122 cm³/mol. The van der Waals surface area contributed by atoms with Gasteiger partial charge in [-0.25, -0.2) is 9.48 Å². The van der Waals surface area contributed by atoms with Gasteiger partial charge in [-0.1, -0.05) is 41.0 Å². The summed E-state index contributed by atoms with van der Waals surface area (Å²) in [5.74, 6) is -1.62. The van der Waals surface area contributed by atoms with Crippen molar-refractivity contribution < 1.29 is 19.5 Å². The molecule has 0 saturated carbocycles. The molecule has 0 aliphatic carbocycles. The number of aryl methyl sites for hydroxylation is 1. The first-order valence-electron chi connectivity index (χ1n) is 8.94. The van der Waals surface area contributed by atoms with Crippen LogP contribution in [-0.2, 0) is 21.4 Å². The highest BCUT2D eigenvalue weighted by atomic mass is 35.5. The first-order valence-corrected chi connectivity index (χ1v) is 12.6. The molecule has 0 spiro atoms. The molecule has 10 nitrogen and oxygen atoms in total. The van der Waals surface area contributed by atoms with Gasteiger partial charge >= 0.3 is 5.97 Å². The van der Waals surface area contributed by atoms with Gasteiger partial charge in [-0.05, 0) is 27.4 Å². The summed E-state index contributed by atoms with van der Waals surface area (Å²) in [5.41, 5.74) is 0.572. The van der Waals surface area contributed by atoms with Crippen LogP contribution in [0.4, 0.5) is 0 Å². The molecule has 4 rings (SSSR count). The molecular formula is C17H14Cl2N6O4S3. The lowest BCUT2D eigenvalue weighted by atomic mass is 10.0. The second-order valence-electron chi connectivity index (χ2n) is 6.60. The Morgan fingerprint density at radius 3 is 2.78 bits per heavy atom. The zero-order valence-corrected chi connectivity index (χ0v) is 20.2. The topological polar surface area (TPSA) is 130 Å². The number of thioether (sulfide) groups is 2. The van der Waals surface area contributed by atoms with Crippen LogP contribution < -0.4 is 5.32 Å². The molecule has 2 atom stereocenters. The summed E-state index contributed by atoms with van der Waals surface area (Å²) in [6.07, 6.45) is 0. The molecule has 1 unspecified atom stereocenters.